The van der Waals surface area contributed by atoms with E-state index in [2.05, 4.69) is 5.32 Å². The van der Waals surface area contributed by atoms with Crippen LogP contribution in [0.1, 0.15) is 11.1 Å². The van der Waals surface area contributed by atoms with E-state index >= 15 is 0 Å². The molecule has 0 saturated carbocycles. The van der Waals surface area contributed by atoms with Crippen LogP contribution in [0, 0.1) is 6.92 Å². The van der Waals surface area contributed by atoms with Gasteiger partial charge < -0.3 is 14.8 Å². The van der Waals surface area contributed by atoms with Crippen LogP contribution in [0.3, 0.4) is 0 Å². The molecule has 1 aliphatic rings. The summed E-state index contributed by atoms with van der Waals surface area (Å²) in [4.78, 5) is 14.2. The van der Waals surface area contributed by atoms with Crippen LogP contribution in [0.25, 0.3) is 0 Å². The van der Waals surface area contributed by atoms with Crippen LogP contribution >= 0.6 is 23.2 Å². The number of fused-ring (bicyclic) bond motifs is 1. The molecular formula is C18H18Cl2N2O3. The number of aryl methyl sites for hydroxylation is 1. The van der Waals surface area contributed by atoms with Gasteiger partial charge in [0, 0.05) is 6.54 Å². The molecule has 25 heavy (non-hydrogen) atoms. The normalized spacial score (nSPS) is 12.5. The minimum atomic E-state index is -0.183. The predicted octanol–water partition coefficient (Wildman–Crippen LogP) is 4.10. The molecule has 7 heteroatoms. The highest BCUT2D eigenvalue weighted by molar-refractivity contribution is 6.40. The molecule has 0 unspecified atom stereocenters. The van der Waals surface area contributed by atoms with Gasteiger partial charge in [-0.25, -0.2) is 0 Å². The first-order chi connectivity index (χ1) is 11.9. The largest absolute Gasteiger partial charge is 0.454 e. The van der Waals surface area contributed by atoms with E-state index in [9.17, 15) is 4.79 Å². The van der Waals surface area contributed by atoms with E-state index in [0.717, 1.165) is 22.6 Å². The lowest BCUT2D eigenvalue weighted by atomic mass is 10.2. The molecule has 1 heterocycles. The number of benzene rings is 2. The molecular weight excluding hydrogens is 363 g/mol. The van der Waals surface area contributed by atoms with Gasteiger partial charge in [0.05, 0.1) is 22.3 Å². The van der Waals surface area contributed by atoms with Crippen molar-refractivity contribution in [3.63, 3.8) is 0 Å². The molecule has 0 fully saturated rings. The standard InChI is InChI=1S/C18H18Cl2N2O3/c1-11-3-5-13(19)18(17(11)20)21-16(23)9-22(2)8-12-4-6-14-15(7-12)25-10-24-14/h3-7H,8-10H2,1-2H3,(H,21,23). The van der Waals surface area contributed by atoms with Gasteiger partial charge in [-0.15, -0.1) is 0 Å². The van der Waals surface area contributed by atoms with Gasteiger partial charge in [0.15, 0.2) is 11.5 Å². The Morgan fingerprint density at radius 3 is 2.76 bits per heavy atom. The number of nitrogens with one attached hydrogen (secondary N) is 1. The maximum atomic E-state index is 12.3. The van der Waals surface area contributed by atoms with Crippen molar-refractivity contribution in [2.24, 2.45) is 0 Å². The molecule has 0 aliphatic carbocycles. The van der Waals surface area contributed by atoms with Crippen LogP contribution in [0.4, 0.5) is 5.69 Å². The quantitative estimate of drug-likeness (QED) is 0.847. The number of amides is 1. The van der Waals surface area contributed by atoms with Gasteiger partial charge in [-0.1, -0.05) is 35.3 Å². The van der Waals surface area contributed by atoms with Gasteiger partial charge in [-0.3, -0.25) is 9.69 Å². The third-order valence-electron chi connectivity index (χ3n) is 3.85. The number of nitrogens with zero attached hydrogens (tertiary/aromatic N) is 1. The van der Waals surface area contributed by atoms with E-state index in [1.54, 1.807) is 6.07 Å². The van der Waals surface area contributed by atoms with Gasteiger partial charge in [0.2, 0.25) is 12.7 Å². The molecule has 0 atom stereocenters. The molecule has 132 valence electrons. The first-order valence-electron chi connectivity index (χ1n) is 7.75. The lowest BCUT2D eigenvalue weighted by Gasteiger charge is -2.17. The number of hydrogen-bond donors (Lipinski definition) is 1. The number of rotatable bonds is 5. The SMILES string of the molecule is Cc1ccc(Cl)c(NC(=O)CN(C)Cc2ccc3c(c2)OCO3)c1Cl. The molecule has 5 nitrogen and oxygen atoms in total. The second kappa shape index (κ2) is 7.52. The number of likely N-dealkylation sites (N-methyl/N-ethyl adjacent to an activating group) is 1. The fourth-order valence-corrected chi connectivity index (χ4v) is 3.07. The van der Waals surface area contributed by atoms with Gasteiger partial charge in [-0.05, 0) is 43.3 Å². The molecule has 2 aromatic rings. The lowest BCUT2D eigenvalue weighted by Crippen LogP contribution is -2.30. The zero-order valence-corrected chi connectivity index (χ0v) is 15.4. The summed E-state index contributed by atoms with van der Waals surface area (Å²) >= 11 is 12.4. The monoisotopic (exact) mass is 380 g/mol. The Balaban J connectivity index is 1.60. The Morgan fingerprint density at radius 2 is 1.96 bits per heavy atom. The molecule has 0 spiro atoms. The highest BCUT2D eigenvalue weighted by atomic mass is 35.5. The van der Waals surface area contributed by atoms with E-state index in [4.69, 9.17) is 32.7 Å². The van der Waals surface area contributed by atoms with Crippen LogP contribution in [0.15, 0.2) is 30.3 Å². The first kappa shape index (κ1) is 17.9. The first-order valence-corrected chi connectivity index (χ1v) is 8.51. The van der Waals surface area contributed by atoms with E-state index in [-0.39, 0.29) is 19.2 Å². The molecule has 1 N–H and O–H groups in total. The lowest BCUT2D eigenvalue weighted by molar-refractivity contribution is -0.117. The summed E-state index contributed by atoms with van der Waals surface area (Å²) in [7, 11) is 1.86. The Kier molecular flexibility index (Phi) is 5.37. The minimum absolute atomic E-state index is 0.183. The molecule has 0 radical (unpaired) electrons. The highest BCUT2D eigenvalue weighted by Crippen LogP contribution is 2.33. The topological polar surface area (TPSA) is 50.8 Å². The minimum Gasteiger partial charge on any atom is -0.454 e. The summed E-state index contributed by atoms with van der Waals surface area (Å²) in [5, 5.41) is 3.67. The molecule has 1 aliphatic heterocycles. The third-order valence-corrected chi connectivity index (χ3v) is 4.65. The molecule has 1 amide bonds. The van der Waals surface area contributed by atoms with E-state index in [0.29, 0.717) is 22.3 Å². The van der Waals surface area contributed by atoms with Gasteiger partial charge in [-0.2, -0.15) is 0 Å². The van der Waals surface area contributed by atoms with Crippen LogP contribution < -0.4 is 14.8 Å². The van der Waals surface area contributed by atoms with Crippen LogP contribution in [-0.2, 0) is 11.3 Å². The van der Waals surface area contributed by atoms with Crippen molar-refractivity contribution in [1.82, 2.24) is 4.90 Å². The van der Waals surface area contributed by atoms with Gasteiger partial charge in [0.25, 0.3) is 0 Å². The van der Waals surface area contributed by atoms with Crippen molar-refractivity contribution in [2.75, 3.05) is 25.7 Å². The number of carbonyl (C=O) groups is 1. The van der Waals surface area contributed by atoms with Crippen molar-refractivity contribution in [3.8, 4) is 11.5 Å². The summed E-state index contributed by atoms with van der Waals surface area (Å²) in [5.74, 6) is 1.29. The summed E-state index contributed by atoms with van der Waals surface area (Å²) in [6.07, 6.45) is 0. The maximum absolute atomic E-state index is 12.3. The van der Waals surface area contributed by atoms with Crippen molar-refractivity contribution in [1.29, 1.82) is 0 Å². The number of carbonyl (C=O) groups excluding carboxylic acids is 1. The zero-order chi connectivity index (χ0) is 18.0. The molecule has 0 bridgehead atoms. The van der Waals surface area contributed by atoms with Crippen molar-refractivity contribution < 1.29 is 14.3 Å². The number of halogens is 2. The fraction of sp³-hybridized carbons (Fsp3) is 0.278. The summed E-state index contributed by atoms with van der Waals surface area (Å²) in [6.45, 7) is 2.91. The molecule has 0 saturated heterocycles. The van der Waals surface area contributed by atoms with Crippen LogP contribution in [0.2, 0.25) is 10.0 Å². The maximum Gasteiger partial charge on any atom is 0.238 e. The summed E-state index contributed by atoms with van der Waals surface area (Å²) in [6, 6.07) is 9.28. The van der Waals surface area contributed by atoms with Crippen molar-refractivity contribution in [2.45, 2.75) is 13.5 Å². The Hall–Kier alpha value is -1.95. The zero-order valence-electron chi connectivity index (χ0n) is 13.9. The summed E-state index contributed by atoms with van der Waals surface area (Å²) in [5.41, 5.74) is 2.34. The highest BCUT2D eigenvalue weighted by Gasteiger charge is 2.16. The average molecular weight is 381 g/mol. The predicted molar refractivity (Wildman–Crippen MR) is 98.7 cm³/mol. The average Bonchev–Trinajstić information content (AvgIpc) is 3.02. The van der Waals surface area contributed by atoms with E-state index < -0.39 is 0 Å². The second-order valence-corrected chi connectivity index (χ2v) is 6.75. The molecule has 3 rings (SSSR count). The van der Waals surface area contributed by atoms with Crippen molar-refractivity contribution in [3.05, 3.63) is 51.5 Å². The van der Waals surface area contributed by atoms with E-state index in [1.807, 2.05) is 43.1 Å². The van der Waals surface area contributed by atoms with Crippen LogP contribution in [-0.4, -0.2) is 31.2 Å². The Morgan fingerprint density at radius 1 is 1.20 bits per heavy atom. The molecule has 2 aromatic carbocycles. The Labute approximate surface area is 156 Å². The fourth-order valence-electron chi connectivity index (χ4n) is 2.60. The van der Waals surface area contributed by atoms with Gasteiger partial charge in [0.1, 0.15) is 0 Å². The van der Waals surface area contributed by atoms with Gasteiger partial charge >= 0.3 is 0 Å². The number of hydrogen-bond acceptors (Lipinski definition) is 4. The smallest absolute Gasteiger partial charge is 0.238 e. The van der Waals surface area contributed by atoms with E-state index in [1.165, 1.54) is 0 Å². The molecule has 0 aromatic heterocycles. The summed E-state index contributed by atoms with van der Waals surface area (Å²) < 4.78 is 10.7. The second-order valence-electron chi connectivity index (χ2n) is 5.96. The number of anilines is 1. The van der Waals surface area contributed by atoms with Crippen molar-refractivity contribution >= 4 is 34.8 Å². The number of ether oxygens (including phenoxy) is 2. The van der Waals surface area contributed by atoms with Crippen LogP contribution in [0.5, 0.6) is 11.5 Å². The Bertz CT molecular complexity index is 811. The third kappa shape index (κ3) is 4.18.